The molecule has 0 spiro atoms. The highest BCUT2D eigenvalue weighted by Crippen LogP contribution is 2.34. The van der Waals surface area contributed by atoms with Crippen molar-refractivity contribution in [1.82, 2.24) is 4.57 Å². The van der Waals surface area contributed by atoms with Crippen molar-refractivity contribution in [1.29, 1.82) is 0 Å². The van der Waals surface area contributed by atoms with E-state index in [1.807, 2.05) is 24.3 Å². The zero-order chi connectivity index (χ0) is 13.5. The highest BCUT2D eigenvalue weighted by atomic mass is 16.3. The zero-order valence-electron chi connectivity index (χ0n) is 11.3. The van der Waals surface area contributed by atoms with E-state index >= 15 is 0 Å². The van der Waals surface area contributed by atoms with Gasteiger partial charge in [-0.05, 0) is 6.07 Å². The minimum atomic E-state index is -0.192. The Kier molecular flexibility index (Phi) is 3.03. The van der Waals surface area contributed by atoms with Gasteiger partial charge in [0.25, 0.3) is 0 Å². The predicted octanol–water partition coefficient (Wildman–Crippen LogP) is 3.09. The van der Waals surface area contributed by atoms with E-state index in [2.05, 4.69) is 20.8 Å². The second-order valence-electron chi connectivity index (χ2n) is 5.61. The summed E-state index contributed by atoms with van der Waals surface area (Å²) < 4.78 is 1.72. The molecule has 1 heterocycles. The Morgan fingerprint density at radius 3 is 2.39 bits per heavy atom. The molecule has 0 aliphatic rings. The topological polar surface area (TPSA) is 42.2 Å². The number of fused-ring (bicyclic) bond motifs is 1. The molecular weight excluding hydrogens is 226 g/mol. The average Bonchev–Trinajstić information content (AvgIpc) is 2.62. The summed E-state index contributed by atoms with van der Waals surface area (Å²) in [4.78, 5) is 11.9. The molecule has 3 nitrogen and oxygen atoms in total. The van der Waals surface area contributed by atoms with Crippen LogP contribution in [0.15, 0.2) is 24.3 Å². The molecule has 18 heavy (non-hydrogen) atoms. The van der Waals surface area contributed by atoms with Crippen LogP contribution >= 0.6 is 0 Å². The van der Waals surface area contributed by atoms with Gasteiger partial charge in [-0.25, -0.2) is 0 Å². The number of aliphatic hydroxyl groups excluding tert-OH is 1. The SMILES string of the molecule is CC(=O)n1c(C(C)(C)C)c(CO)c2ccccc21. The first-order chi connectivity index (χ1) is 8.38. The molecule has 0 bridgehead atoms. The summed E-state index contributed by atoms with van der Waals surface area (Å²) in [5.74, 6) is -0.0178. The van der Waals surface area contributed by atoms with Crippen LogP contribution in [0.25, 0.3) is 10.9 Å². The van der Waals surface area contributed by atoms with Crippen LogP contribution in [0, 0.1) is 0 Å². The van der Waals surface area contributed by atoms with Crippen molar-refractivity contribution in [3.05, 3.63) is 35.5 Å². The molecule has 0 aliphatic carbocycles. The van der Waals surface area contributed by atoms with E-state index in [0.29, 0.717) is 0 Å². The lowest BCUT2D eigenvalue weighted by Gasteiger charge is -2.22. The molecule has 0 unspecified atom stereocenters. The number of hydrogen-bond acceptors (Lipinski definition) is 2. The van der Waals surface area contributed by atoms with E-state index < -0.39 is 0 Å². The van der Waals surface area contributed by atoms with Gasteiger partial charge in [0.2, 0.25) is 5.91 Å². The van der Waals surface area contributed by atoms with Crippen LogP contribution in [-0.4, -0.2) is 15.6 Å². The molecule has 0 aliphatic heterocycles. The summed E-state index contributed by atoms with van der Waals surface area (Å²) in [7, 11) is 0. The fourth-order valence-corrected chi connectivity index (χ4v) is 2.58. The molecule has 0 atom stereocenters. The molecule has 0 fully saturated rings. The third kappa shape index (κ3) is 1.85. The lowest BCUT2D eigenvalue weighted by atomic mass is 9.88. The maximum absolute atomic E-state index is 11.9. The van der Waals surface area contributed by atoms with Crippen LogP contribution in [-0.2, 0) is 12.0 Å². The van der Waals surface area contributed by atoms with Crippen molar-refractivity contribution in [2.24, 2.45) is 0 Å². The number of aromatic nitrogens is 1. The van der Waals surface area contributed by atoms with Crippen LogP contribution < -0.4 is 0 Å². The largest absolute Gasteiger partial charge is 0.392 e. The van der Waals surface area contributed by atoms with Crippen molar-refractivity contribution < 1.29 is 9.90 Å². The van der Waals surface area contributed by atoms with E-state index in [9.17, 15) is 9.90 Å². The van der Waals surface area contributed by atoms with Gasteiger partial charge in [0.05, 0.1) is 12.1 Å². The standard InChI is InChI=1S/C15H19NO2/c1-10(18)16-13-8-6-5-7-11(13)12(9-17)14(16)15(2,3)4/h5-8,17H,9H2,1-4H3. The Labute approximate surface area is 107 Å². The average molecular weight is 245 g/mol. The number of benzene rings is 1. The molecule has 2 rings (SSSR count). The molecule has 1 aromatic carbocycles. The molecule has 96 valence electrons. The second kappa shape index (κ2) is 4.25. The first-order valence-electron chi connectivity index (χ1n) is 6.12. The van der Waals surface area contributed by atoms with Crippen LogP contribution in [0.1, 0.15) is 43.7 Å². The van der Waals surface area contributed by atoms with Gasteiger partial charge in [-0.2, -0.15) is 0 Å². The first kappa shape index (κ1) is 12.8. The molecule has 0 amide bonds. The van der Waals surface area contributed by atoms with Gasteiger partial charge < -0.3 is 5.11 Å². The zero-order valence-corrected chi connectivity index (χ0v) is 11.3. The first-order valence-corrected chi connectivity index (χ1v) is 6.12. The lowest BCUT2D eigenvalue weighted by Crippen LogP contribution is -2.22. The van der Waals surface area contributed by atoms with Crippen molar-refractivity contribution in [2.75, 3.05) is 0 Å². The van der Waals surface area contributed by atoms with Crippen LogP contribution in [0.2, 0.25) is 0 Å². The van der Waals surface area contributed by atoms with Gasteiger partial charge in [0.1, 0.15) is 0 Å². The van der Waals surface area contributed by atoms with Gasteiger partial charge >= 0.3 is 0 Å². The Hall–Kier alpha value is -1.61. The summed E-state index contributed by atoms with van der Waals surface area (Å²) in [5, 5.41) is 10.6. The predicted molar refractivity (Wildman–Crippen MR) is 72.9 cm³/mol. The van der Waals surface area contributed by atoms with Gasteiger partial charge in [-0.3, -0.25) is 9.36 Å². The van der Waals surface area contributed by atoms with Crippen molar-refractivity contribution >= 4 is 16.8 Å². The summed E-state index contributed by atoms with van der Waals surface area (Å²) in [6, 6.07) is 7.72. The summed E-state index contributed by atoms with van der Waals surface area (Å²) in [5.41, 5.74) is 2.44. The fourth-order valence-electron chi connectivity index (χ4n) is 2.58. The summed E-state index contributed by atoms with van der Waals surface area (Å²) >= 11 is 0. The number of nitrogens with zero attached hydrogens (tertiary/aromatic N) is 1. The minimum absolute atomic E-state index is 0.0178. The maximum Gasteiger partial charge on any atom is 0.228 e. The number of hydrogen-bond donors (Lipinski definition) is 1. The maximum atomic E-state index is 11.9. The Bertz CT molecular complexity index is 603. The van der Waals surface area contributed by atoms with E-state index in [1.165, 1.54) is 0 Å². The fraction of sp³-hybridized carbons (Fsp3) is 0.400. The number of para-hydroxylation sites is 1. The van der Waals surface area contributed by atoms with Crippen molar-refractivity contribution in [3.63, 3.8) is 0 Å². The summed E-state index contributed by atoms with van der Waals surface area (Å²) in [6.45, 7) is 7.68. The lowest BCUT2D eigenvalue weighted by molar-refractivity contribution is 0.0934. The van der Waals surface area contributed by atoms with Crippen LogP contribution in [0.5, 0.6) is 0 Å². The van der Waals surface area contributed by atoms with Crippen molar-refractivity contribution in [2.45, 2.75) is 39.7 Å². The Morgan fingerprint density at radius 1 is 1.28 bits per heavy atom. The molecular formula is C15H19NO2. The highest BCUT2D eigenvalue weighted by Gasteiger charge is 2.27. The molecule has 0 saturated carbocycles. The molecule has 1 aromatic heterocycles. The summed E-state index contributed by atoms with van der Waals surface area (Å²) in [6.07, 6.45) is 0. The number of carbonyl (C=O) groups excluding carboxylic acids is 1. The van der Waals surface area contributed by atoms with E-state index in [-0.39, 0.29) is 17.9 Å². The molecule has 1 N–H and O–H groups in total. The third-order valence-corrected chi connectivity index (χ3v) is 3.16. The van der Waals surface area contributed by atoms with Gasteiger partial charge in [-0.1, -0.05) is 39.0 Å². The third-order valence-electron chi connectivity index (χ3n) is 3.16. The number of carbonyl (C=O) groups is 1. The normalized spacial score (nSPS) is 12.1. The van der Waals surface area contributed by atoms with Crippen LogP contribution in [0.4, 0.5) is 0 Å². The Morgan fingerprint density at radius 2 is 1.89 bits per heavy atom. The van der Waals surface area contributed by atoms with E-state index in [0.717, 1.165) is 22.2 Å². The Balaban J connectivity index is 2.97. The van der Waals surface area contributed by atoms with E-state index in [1.54, 1.807) is 11.5 Å². The van der Waals surface area contributed by atoms with Gasteiger partial charge in [-0.15, -0.1) is 0 Å². The highest BCUT2D eigenvalue weighted by molar-refractivity contribution is 5.95. The number of aliphatic hydroxyl groups is 1. The molecule has 3 heteroatoms. The quantitative estimate of drug-likeness (QED) is 0.839. The smallest absolute Gasteiger partial charge is 0.228 e. The monoisotopic (exact) mass is 245 g/mol. The molecule has 2 aromatic rings. The number of rotatable bonds is 1. The second-order valence-corrected chi connectivity index (χ2v) is 5.61. The van der Waals surface area contributed by atoms with Gasteiger partial charge in [0, 0.05) is 29.0 Å². The van der Waals surface area contributed by atoms with Crippen molar-refractivity contribution in [3.8, 4) is 0 Å². The van der Waals surface area contributed by atoms with Gasteiger partial charge in [0.15, 0.2) is 0 Å². The molecule has 0 radical (unpaired) electrons. The minimum Gasteiger partial charge on any atom is -0.392 e. The van der Waals surface area contributed by atoms with Crippen LogP contribution in [0.3, 0.4) is 0 Å². The van der Waals surface area contributed by atoms with E-state index in [4.69, 9.17) is 0 Å². The molecule has 0 saturated heterocycles.